The molecule has 5 nitrogen and oxygen atoms in total. The van der Waals surface area contributed by atoms with Crippen molar-refractivity contribution in [2.45, 2.75) is 11.4 Å². The first-order valence-corrected chi connectivity index (χ1v) is 10.4. The lowest BCUT2D eigenvalue weighted by molar-refractivity contribution is -0.117. The van der Waals surface area contributed by atoms with Crippen molar-refractivity contribution in [2.24, 2.45) is 0 Å². The minimum Gasteiger partial charge on any atom is -0.497 e. The zero-order valence-electron chi connectivity index (χ0n) is 16.0. The van der Waals surface area contributed by atoms with Gasteiger partial charge in [-0.2, -0.15) is 0 Å². The molecule has 1 N–H and O–H groups in total. The van der Waals surface area contributed by atoms with E-state index in [1.165, 1.54) is 10.5 Å². The van der Waals surface area contributed by atoms with E-state index in [2.05, 4.69) is 27.2 Å². The molecule has 0 atom stereocenters. The van der Waals surface area contributed by atoms with Crippen LogP contribution in [0.1, 0.15) is 5.56 Å². The maximum Gasteiger partial charge on any atom is 0.238 e. The number of ether oxygens (including phenoxy) is 1. The van der Waals surface area contributed by atoms with Crippen LogP contribution in [-0.4, -0.2) is 61.8 Å². The van der Waals surface area contributed by atoms with Gasteiger partial charge in [-0.15, -0.1) is 11.8 Å². The van der Waals surface area contributed by atoms with Crippen LogP contribution in [0.5, 0.6) is 5.75 Å². The number of hydrogen-bond donors (Lipinski definition) is 1. The monoisotopic (exact) mass is 385 g/mol. The molecule has 6 heteroatoms. The number of hydrogen-bond acceptors (Lipinski definition) is 5. The summed E-state index contributed by atoms with van der Waals surface area (Å²) in [5.74, 6) is 0.938. The van der Waals surface area contributed by atoms with E-state index >= 15 is 0 Å². The Bertz CT molecular complexity index is 726. The molecule has 0 spiro atoms. The number of benzene rings is 2. The van der Waals surface area contributed by atoms with Crippen molar-refractivity contribution in [3.63, 3.8) is 0 Å². The Balaban J connectivity index is 1.41. The fraction of sp³-hybridized carbons (Fsp3) is 0.381. The number of carbonyl (C=O) groups is 1. The zero-order valence-corrected chi connectivity index (χ0v) is 16.8. The number of methoxy groups -OCH3 is 1. The van der Waals surface area contributed by atoms with Gasteiger partial charge in [-0.05, 0) is 48.2 Å². The van der Waals surface area contributed by atoms with Gasteiger partial charge in [-0.1, -0.05) is 12.1 Å². The molecule has 0 bridgehead atoms. The molecule has 0 unspecified atom stereocenters. The van der Waals surface area contributed by atoms with Crippen molar-refractivity contribution in [1.29, 1.82) is 0 Å². The first-order chi connectivity index (χ1) is 13.2. The molecule has 0 saturated carbocycles. The number of nitrogens with one attached hydrogen (secondary N) is 1. The van der Waals surface area contributed by atoms with Gasteiger partial charge in [-0.25, -0.2) is 0 Å². The van der Waals surface area contributed by atoms with Crippen LogP contribution in [-0.2, 0) is 11.3 Å². The van der Waals surface area contributed by atoms with E-state index in [4.69, 9.17) is 4.74 Å². The van der Waals surface area contributed by atoms with Gasteiger partial charge in [0.25, 0.3) is 0 Å². The number of thioether (sulfide) groups is 1. The Morgan fingerprint density at radius 2 is 1.63 bits per heavy atom. The number of amides is 1. The Hall–Kier alpha value is -2.02. The van der Waals surface area contributed by atoms with Crippen LogP contribution in [0, 0.1) is 0 Å². The van der Waals surface area contributed by atoms with E-state index < -0.39 is 0 Å². The smallest absolute Gasteiger partial charge is 0.238 e. The van der Waals surface area contributed by atoms with Crippen LogP contribution in [0.15, 0.2) is 53.4 Å². The molecule has 1 aliphatic heterocycles. The van der Waals surface area contributed by atoms with Gasteiger partial charge in [0.05, 0.1) is 13.7 Å². The Kier molecular flexibility index (Phi) is 7.15. The lowest BCUT2D eigenvalue weighted by Crippen LogP contribution is -2.48. The van der Waals surface area contributed by atoms with Crippen LogP contribution in [0.3, 0.4) is 0 Å². The molecular weight excluding hydrogens is 358 g/mol. The van der Waals surface area contributed by atoms with Gasteiger partial charge >= 0.3 is 0 Å². The third-order valence-corrected chi connectivity index (χ3v) is 5.51. The fourth-order valence-electron chi connectivity index (χ4n) is 3.17. The molecule has 0 aromatic heterocycles. The van der Waals surface area contributed by atoms with Gasteiger partial charge in [0.15, 0.2) is 0 Å². The van der Waals surface area contributed by atoms with Crippen LogP contribution >= 0.6 is 11.8 Å². The SMILES string of the molecule is COc1ccc(CN2CCN(CC(=O)Nc3ccc(SC)cc3)CC2)cc1. The van der Waals surface area contributed by atoms with E-state index in [1.807, 2.05) is 42.7 Å². The quantitative estimate of drug-likeness (QED) is 0.742. The Labute approximate surface area is 165 Å². The summed E-state index contributed by atoms with van der Waals surface area (Å²) in [6.45, 7) is 5.15. The third kappa shape index (κ3) is 5.99. The summed E-state index contributed by atoms with van der Waals surface area (Å²) in [6.07, 6.45) is 2.04. The highest BCUT2D eigenvalue weighted by atomic mass is 32.2. The summed E-state index contributed by atoms with van der Waals surface area (Å²) >= 11 is 1.70. The normalized spacial score (nSPS) is 15.5. The molecule has 1 heterocycles. The summed E-state index contributed by atoms with van der Waals surface area (Å²) in [7, 11) is 1.68. The Morgan fingerprint density at radius 3 is 2.22 bits per heavy atom. The van der Waals surface area contributed by atoms with Crippen LogP contribution < -0.4 is 10.1 Å². The molecule has 2 aromatic rings. The zero-order chi connectivity index (χ0) is 19.1. The molecule has 3 rings (SSSR count). The standard InChI is InChI=1S/C21H27N3O2S/c1-26-19-7-3-17(4-8-19)15-23-11-13-24(14-12-23)16-21(25)22-18-5-9-20(27-2)10-6-18/h3-10H,11-16H2,1-2H3,(H,22,25). The Morgan fingerprint density at radius 1 is 1.00 bits per heavy atom. The van der Waals surface area contributed by atoms with Crippen LogP contribution in [0.2, 0.25) is 0 Å². The average molecular weight is 386 g/mol. The second kappa shape index (κ2) is 9.78. The second-order valence-corrected chi connectivity index (χ2v) is 7.56. The lowest BCUT2D eigenvalue weighted by atomic mass is 10.2. The van der Waals surface area contributed by atoms with Crippen molar-refractivity contribution in [2.75, 3.05) is 51.4 Å². The minimum atomic E-state index is 0.0514. The minimum absolute atomic E-state index is 0.0514. The van der Waals surface area contributed by atoms with E-state index in [9.17, 15) is 4.79 Å². The first-order valence-electron chi connectivity index (χ1n) is 9.18. The largest absolute Gasteiger partial charge is 0.497 e. The maximum absolute atomic E-state index is 12.3. The summed E-state index contributed by atoms with van der Waals surface area (Å²) < 4.78 is 5.21. The van der Waals surface area contributed by atoms with Crippen molar-refractivity contribution in [3.8, 4) is 5.75 Å². The van der Waals surface area contributed by atoms with Gasteiger partial charge in [-0.3, -0.25) is 14.6 Å². The molecule has 1 amide bonds. The molecular formula is C21H27N3O2S. The summed E-state index contributed by atoms with van der Waals surface area (Å²) in [6, 6.07) is 16.2. The predicted octanol–water partition coefficient (Wildman–Crippen LogP) is 3.17. The van der Waals surface area contributed by atoms with Crippen molar-refractivity contribution < 1.29 is 9.53 Å². The highest BCUT2D eigenvalue weighted by molar-refractivity contribution is 7.98. The fourth-order valence-corrected chi connectivity index (χ4v) is 3.58. The van der Waals surface area contributed by atoms with Crippen molar-refractivity contribution in [1.82, 2.24) is 9.80 Å². The van der Waals surface area contributed by atoms with Crippen molar-refractivity contribution >= 4 is 23.4 Å². The predicted molar refractivity (Wildman–Crippen MR) is 112 cm³/mol. The number of carbonyl (C=O) groups excluding carboxylic acids is 1. The molecule has 0 radical (unpaired) electrons. The second-order valence-electron chi connectivity index (χ2n) is 6.68. The van der Waals surface area contributed by atoms with Crippen LogP contribution in [0.4, 0.5) is 5.69 Å². The number of rotatable bonds is 7. The van der Waals surface area contributed by atoms with Gasteiger partial charge in [0, 0.05) is 43.3 Å². The summed E-state index contributed by atoms with van der Waals surface area (Å²) in [5.41, 5.74) is 2.15. The topological polar surface area (TPSA) is 44.8 Å². The van der Waals surface area contributed by atoms with Crippen molar-refractivity contribution in [3.05, 3.63) is 54.1 Å². The number of piperazine rings is 1. The van der Waals surface area contributed by atoms with Gasteiger partial charge < -0.3 is 10.1 Å². The summed E-state index contributed by atoms with van der Waals surface area (Å²) in [4.78, 5) is 18.1. The summed E-state index contributed by atoms with van der Waals surface area (Å²) in [5, 5.41) is 2.99. The highest BCUT2D eigenvalue weighted by Crippen LogP contribution is 2.18. The first kappa shape index (κ1) is 19.7. The van der Waals surface area contributed by atoms with Crippen LogP contribution in [0.25, 0.3) is 0 Å². The molecule has 1 fully saturated rings. The van der Waals surface area contributed by atoms with E-state index in [1.54, 1.807) is 18.9 Å². The van der Waals surface area contributed by atoms with E-state index in [-0.39, 0.29) is 5.91 Å². The molecule has 0 aliphatic carbocycles. The maximum atomic E-state index is 12.3. The molecule has 144 valence electrons. The molecule has 27 heavy (non-hydrogen) atoms. The number of anilines is 1. The van der Waals surface area contributed by atoms with Gasteiger partial charge in [0.2, 0.25) is 5.91 Å². The van der Waals surface area contributed by atoms with E-state index in [0.717, 1.165) is 44.2 Å². The number of nitrogens with zero attached hydrogens (tertiary/aromatic N) is 2. The molecule has 1 saturated heterocycles. The molecule has 2 aromatic carbocycles. The molecule has 1 aliphatic rings. The third-order valence-electron chi connectivity index (χ3n) is 4.77. The van der Waals surface area contributed by atoms with Gasteiger partial charge in [0.1, 0.15) is 5.75 Å². The lowest BCUT2D eigenvalue weighted by Gasteiger charge is -2.34. The highest BCUT2D eigenvalue weighted by Gasteiger charge is 2.19. The van der Waals surface area contributed by atoms with E-state index in [0.29, 0.717) is 6.54 Å². The average Bonchev–Trinajstić information content (AvgIpc) is 2.70.